The van der Waals surface area contributed by atoms with Gasteiger partial charge in [0.05, 0.1) is 5.69 Å². The largest absolute Gasteiger partial charge is 0.256 e. The van der Waals surface area contributed by atoms with E-state index in [4.69, 9.17) is 4.98 Å². The van der Waals surface area contributed by atoms with E-state index in [1.165, 1.54) is 76.5 Å². The number of nitrogens with zero attached hydrogens (tertiary/aromatic N) is 1. The standard InChI is InChI=1S/C51H33N/c1-2-14-34(15-3-1)39-31-32-47(42-20-7-6-19-41(39)42)50-45-23-10-8-21-43(45)49(44-22-9-11-24-46(44)50)37-29-27-36(28-30-37)40-26-13-33-52-51(40)48-25-12-17-35-16-4-5-18-38(35)48/h1-33H. The van der Waals surface area contributed by atoms with Crippen molar-refractivity contribution in [1.29, 1.82) is 0 Å². The minimum atomic E-state index is 0.998. The number of hydrogen-bond acceptors (Lipinski definition) is 1. The highest BCUT2D eigenvalue weighted by Crippen LogP contribution is 2.47. The van der Waals surface area contributed by atoms with Crippen LogP contribution in [0.15, 0.2) is 200 Å². The van der Waals surface area contributed by atoms with Gasteiger partial charge in [-0.3, -0.25) is 4.98 Å². The van der Waals surface area contributed by atoms with Crippen LogP contribution in [0.2, 0.25) is 0 Å². The summed E-state index contributed by atoms with van der Waals surface area (Å²) in [6, 6.07) is 70.3. The lowest BCUT2D eigenvalue weighted by Crippen LogP contribution is -1.93. The van der Waals surface area contributed by atoms with Gasteiger partial charge in [-0.15, -0.1) is 0 Å². The highest BCUT2D eigenvalue weighted by Gasteiger charge is 2.19. The fourth-order valence-corrected chi connectivity index (χ4v) is 8.22. The summed E-state index contributed by atoms with van der Waals surface area (Å²) in [7, 11) is 0. The van der Waals surface area contributed by atoms with Crippen molar-refractivity contribution in [3.05, 3.63) is 200 Å². The SMILES string of the molecule is c1ccc(-c2ccc(-c3c4ccccc4c(-c4ccc(-c5cccnc5-c5cccc6ccccc56)cc4)c4ccccc34)c3ccccc23)cc1. The molecule has 10 aromatic rings. The van der Waals surface area contributed by atoms with Crippen LogP contribution in [-0.4, -0.2) is 4.98 Å². The molecule has 0 atom stereocenters. The summed E-state index contributed by atoms with van der Waals surface area (Å²) < 4.78 is 0. The summed E-state index contributed by atoms with van der Waals surface area (Å²) in [6.45, 7) is 0. The van der Waals surface area contributed by atoms with E-state index in [9.17, 15) is 0 Å². The molecule has 1 heterocycles. The van der Waals surface area contributed by atoms with Crippen molar-refractivity contribution in [1.82, 2.24) is 4.98 Å². The Bertz CT molecular complexity index is 2880. The summed E-state index contributed by atoms with van der Waals surface area (Å²) in [6.07, 6.45) is 1.90. The van der Waals surface area contributed by atoms with Crippen molar-refractivity contribution < 1.29 is 0 Å². The Morgan fingerprint density at radius 3 is 1.42 bits per heavy atom. The molecule has 1 aromatic heterocycles. The molecule has 0 saturated heterocycles. The molecule has 0 saturated carbocycles. The third-order valence-electron chi connectivity index (χ3n) is 10.5. The maximum atomic E-state index is 4.92. The van der Waals surface area contributed by atoms with E-state index in [0.717, 1.165) is 22.4 Å². The highest BCUT2D eigenvalue weighted by atomic mass is 14.7. The average molecular weight is 660 g/mol. The molecule has 10 rings (SSSR count). The number of fused-ring (bicyclic) bond motifs is 4. The second kappa shape index (κ2) is 12.5. The first kappa shape index (κ1) is 30.0. The van der Waals surface area contributed by atoms with E-state index in [2.05, 4.69) is 188 Å². The Kier molecular flexibility index (Phi) is 7.22. The Labute approximate surface area is 303 Å². The predicted octanol–water partition coefficient (Wildman–Crippen LogP) is 14.0. The number of pyridine rings is 1. The molecule has 1 heteroatoms. The molecule has 242 valence electrons. The van der Waals surface area contributed by atoms with Gasteiger partial charge in [0.1, 0.15) is 0 Å². The summed E-state index contributed by atoms with van der Waals surface area (Å²) in [5.41, 5.74) is 11.9. The lowest BCUT2D eigenvalue weighted by Gasteiger charge is -2.20. The number of hydrogen-bond donors (Lipinski definition) is 0. The van der Waals surface area contributed by atoms with Crippen LogP contribution in [0.3, 0.4) is 0 Å². The van der Waals surface area contributed by atoms with E-state index in [-0.39, 0.29) is 0 Å². The van der Waals surface area contributed by atoms with E-state index in [1.807, 2.05) is 12.3 Å². The Balaban J connectivity index is 1.15. The summed E-state index contributed by atoms with van der Waals surface area (Å²) in [5.74, 6) is 0. The molecule has 0 unspecified atom stereocenters. The van der Waals surface area contributed by atoms with Gasteiger partial charge in [-0.25, -0.2) is 0 Å². The molecule has 0 amide bonds. The third kappa shape index (κ3) is 4.90. The quantitative estimate of drug-likeness (QED) is 0.168. The molecule has 9 aromatic carbocycles. The molecule has 0 bridgehead atoms. The van der Waals surface area contributed by atoms with Crippen LogP contribution in [0, 0.1) is 0 Å². The smallest absolute Gasteiger partial charge is 0.0786 e. The van der Waals surface area contributed by atoms with Crippen molar-refractivity contribution in [2.75, 3.05) is 0 Å². The molecule has 0 aliphatic carbocycles. The second-order valence-corrected chi connectivity index (χ2v) is 13.4. The van der Waals surface area contributed by atoms with Gasteiger partial charge < -0.3 is 0 Å². The van der Waals surface area contributed by atoms with Gasteiger partial charge in [0.15, 0.2) is 0 Å². The van der Waals surface area contributed by atoms with Crippen LogP contribution in [0.4, 0.5) is 0 Å². The monoisotopic (exact) mass is 659 g/mol. The van der Waals surface area contributed by atoms with E-state index < -0.39 is 0 Å². The van der Waals surface area contributed by atoms with Crippen LogP contribution >= 0.6 is 0 Å². The van der Waals surface area contributed by atoms with Crippen molar-refractivity contribution >= 4 is 43.1 Å². The van der Waals surface area contributed by atoms with Crippen LogP contribution < -0.4 is 0 Å². The van der Waals surface area contributed by atoms with Gasteiger partial charge in [0.25, 0.3) is 0 Å². The van der Waals surface area contributed by atoms with Crippen molar-refractivity contribution in [2.24, 2.45) is 0 Å². The lowest BCUT2D eigenvalue weighted by atomic mass is 9.83. The van der Waals surface area contributed by atoms with Gasteiger partial charge in [-0.2, -0.15) is 0 Å². The van der Waals surface area contributed by atoms with E-state index >= 15 is 0 Å². The van der Waals surface area contributed by atoms with Crippen molar-refractivity contribution in [2.45, 2.75) is 0 Å². The van der Waals surface area contributed by atoms with Gasteiger partial charge in [0, 0.05) is 17.3 Å². The number of rotatable bonds is 5. The first-order valence-corrected chi connectivity index (χ1v) is 17.9. The Morgan fingerprint density at radius 2 is 0.731 bits per heavy atom. The molecule has 0 spiro atoms. The average Bonchev–Trinajstić information content (AvgIpc) is 3.23. The first-order chi connectivity index (χ1) is 25.8. The fourth-order valence-electron chi connectivity index (χ4n) is 8.22. The summed E-state index contributed by atoms with van der Waals surface area (Å²) >= 11 is 0. The van der Waals surface area contributed by atoms with Gasteiger partial charge in [-0.1, -0.05) is 188 Å². The lowest BCUT2D eigenvalue weighted by molar-refractivity contribution is 1.33. The summed E-state index contributed by atoms with van der Waals surface area (Å²) in [5, 5.41) is 9.95. The predicted molar refractivity (Wildman–Crippen MR) is 221 cm³/mol. The molecule has 0 aliphatic heterocycles. The first-order valence-electron chi connectivity index (χ1n) is 17.9. The van der Waals surface area contributed by atoms with Gasteiger partial charge >= 0.3 is 0 Å². The zero-order chi connectivity index (χ0) is 34.4. The zero-order valence-electron chi connectivity index (χ0n) is 28.5. The maximum Gasteiger partial charge on any atom is 0.0786 e. The maximum absolute atomic E-state index is 4.92. The molecule has 0 radical (unpaired) electrons. The second-order valence-electron chi connectivity index (χ2n) is 13.4. The minimum Gasteiger partial charge on any atom is -0.256 e. The number of aromatic nitrogens is 1. The van der Waals surface area contributed by atoms with Crippen LogP contribution in [0.25, 0.3) is 98.9 Å². The van der Waals surface area contributed by atoms with Crippen LogP contribution in [-0.2, 0) is 0 Å². The van der Waals surface area contributed by atoms with Crippen LogP contribution in [0.5, 0.6) is 0 Å². The molecule has 1 nitrogen and oxygen atoms in total. The van der Waals surface area contributed by atoms with E-state index in [0.29, 0.717) is 0 Å². The van der Waals surface area contributed by atoms with Gasteiger partial charge in [0.2, 0.25) is 0 Å². The van der Waals surface area contributed by atoms with Crippen molar-refractivity contribution in [3.8, 4) is 55.8 Å². The number of benzene rings is 9. The van der Waals surface area contributed by atoms with Crippen molar-refractivity contribution in [3.63, 3.8) is 0 Å². The molecule has 52 heavy (non-hydrogen) atoms. The van der Waals surface area contributed by atoms with E-state index in [1.54, 1.807) is 0 Å². The zero-order valence-corrected chi connectivity index (χ0v) is 28.5. The third-order valence-corrected chi connectivity index (χ3v) is 10.5. The summed E-state index contributed by atoms with van der Waals surface area (Å²) in [4.78, 5) is 4.92. The molecule has 0 N–H and O–H groups in total. The molecule has 0 aliphatic rings. The topological polar surface area (TPSA) is 12.9 Å². The highest BCUT2D eigenvalue weighted by molar-refractivity contribution is 6.24. The Hall–Kier alpha value is -6.83. The molecule has 0 fully saturated rings. The minimum absolute atomic E-state index is 0.998. The van der Waals surface area contributed by atoms with Crippen LogP contribution in [0.1, 0.15) is 0 Å². The fraction of sp³-hybridized carbons (Fsp3) is 0. The Morgan fingerprint density at radius 1 is 0.250 bits per heavy atom. The van der Waals surface area contributed by atoms with Gasteiger partial charge in [-0.05, 0) is 88.1 Å². The molecular formula is C51H33N. The molecular weight excluding hydrogens is 627 g/mol. The normalized spacial score (nSPS) is 11.5.